The van der Waals surface area contributed by atoms with Gasteiger partial charge in [0.2, 0.25) is 0 Å². The second kappa shape index (κ2) is 5.28. The molecule has 1 heteroatoms. The van der Waals surface area contributed by atoms with Crippen LogP contribution in [0.2, 0.25) is 0 Å². The van der Waals surface area contributed by atoms with E-state index in [0.717, 1.165) is 11.2 Å². The fourth-order valence-electron chi connectivity index (χ4n) is 4.46. The summed E-state index contributed by atoms with van der Waals surface area (Å²) >= 11 is 0. The summed E-state index contributed by atoms with van der Waals surface area (Å²) in [5.74, 6) is 0. The number of aromatic nitrogens is 1. The lowest BCUT2D eigenvalue weighted by molar-refractivity contribution is 1.26. The number of benzene rings is 5. The monoisotopic (exact) mass is 343 g/mol. The van der Waals surface area contributed by atoms with E-state index in [0.29, 0.717) is 0 Å². The first-order valence-electron chi connectivity index (χ1n) is 9.33. The quantitative estimate of drug-likeness (QED) is 0.290. The van der Waals surface area contributed by atoms with Gasteiger partial charge in [-0.2, -0.15) is 0 Å². The third-order valence-corrected chi connectivity index (χ3v) is 5.73. The van der Waals surface area contributed by atoms with Crippen LogP contribution in [0.4, 0.5) is 0 Å². The Bertz CT molecular complexity index is 1460. The van der Waals surface area contributed by atoms with Crippen LogP contribution in [-0.2, 0) is 0 Å². The number of rotatable bonds is 1. The second-order valence-electron chi connectivity index (χ2n) is 7.28. The molecule has 0 atom stereocenters. The van der Waals surface area contributed by atoms with E-state index in [1.807, 2.05) is 6.07 Å². The van der Waals surface area contributed by atoms with Crippen LogP contribution in [0.3, 0.4) is 0 Å². The van der Waals surface area contributed by atoms with Crippen molar-refractivity contribution < 1.29 is 0 Å². The molecule has 1 nitrogen and oxygen atoms in total. The highest BCUT2D eigenvalue weighted by Crippen LogP contribution is 2.40. The molecule has 0 N–H and O–H groups in total. The molecule has 1 heterocycles. The van der Waals surface area contributed by atoms with Crippen LogP contribution in [0.1, 0.15) is 5.69 Å². The van der Waals surface area contributed by atoms with E-state index in [1.54, 1.807) is 0 Å². The van der Waals surface area contributed by atoms with E-state index in [1.165, 1.54) is 48.8 Å². The van der Waals surface area contributed by atoms with E-state index < -0.39 is 0 Å². The summed E-state index contributed by atoms with van der Waals surface area (Å²) in [5.41, 5.74) is 4.60. The van der Waals surface area contributed by atoms with E-state index in [9.17, 15) is 0 Å². The smallest absolute Gasteiger partial charge is 0.0705 e. The topological polar surface area (TPSA) is 12.9 Å². The van der Waals surface area contributed by atoms with Gasteiger partial charge in [-0.05, 0) is 56.9 Å². The number of fused-ring (bicyclic) bond motifs is 1. The van der Waals surface area contributed by atoms with Crippen molar-refractivity contribution in [2.24, 2.45) is 0 Å². The molecule has 0 amide bonds. The molecule has 0 aliphatic carbocycles. The lowest BCUT2D eigenvalue weighted by Crippen LogP contribution is -1.92. The summed E-state index contributed by atoms with van der Waals surface area (Å²) in [4.78, 5) is 4.86. The van der Waals surface area contributed by atoms with Crippen LogP contribution >= 0.6 is 0 Å². The van der Waals surface area contributed by atoms with E-state index in [4.69, 9.17) is 4.98 Å². The molecule has 0 radical (unpaired) electrons. The van der Waals surface area contributed by atoms with Crippen molar-refractivity contribution in [1.82, 2.24) is 4.98 Å². The molecule has 6 rings (SSSR count). The van der Waals surface area contributed by atoms with Crippen LogP contribution in [0.5, 0.6) is 0 Å². The minimum Gasteiger partial charge on any atom is -0.252 e. The summed E-state index contributed by atoms with van der Waals surface area (Å²) < 4.78 is 0. The summed E-state index contributed by atoms with van der Waals surface area (Å²) in [6.07, 6.45) is 0. The Hall–Kier alpha value is -3.45. The summed E-state index contributed by atoms with van der Waals surface area (Å²) in [6.45, 7) is 2.11. The zero-order valence-corrected chi connectivity index (χ0v) is 15.0. The van der Waals surface area contributed by atoms with Gasteiger partial charge in [0.25, 0.3) is 0 Å². The first-order valence-corrected chi connectivity index (χ1v) is 9.33. The van der Waals surface area contributed by atoms with Crippen LogP contribution < -0.4 is 0 Å². The van der Waals surface area contributed by atoms with Crippen molar-refractivity contribution >= 4 is 43.2 Å². The van der Waals surface area contributed by atoms with Gasteiger partial charge in [0.1, 0.15) is 0 Å². The third kappa shape index (κ3) is 2.03. The summed E-state index contributed by atoms with van der Waals surface area (Å²) in [7, 11) is 0. The van der Waals surface area contributed by atoms with Crippen molar-refractivity contribution in [3.8, 4) is 11.1 Å². The highest BCUT2D eigenvalue weighted by atomic mass is 14.7. The number of nitrogens with zero attached hydrogens (tertiary/aromatic N) is 1. The van der Waals surface area contributed by atoms with Crippen molar-refractivity contribution in [3.63, 3.8) is 0 Å². The molecular weight excluding hydrogens is 326 g/mol. The van der Waals surface area contributed by atoms with Crippen LogP contribution in [-0.4, -0.2) is 4.98 Å². The average Bonchev–Trinajstić information content (AvgIpc) is 2.71. The maximum absolute atomic E-state index is 4.86. The second-order valence-corrected chi connectivity index (χ2v) is 7.28. The van der Waals surface area contributed by atoms with E-state index >= 15 is 0 Å². The normalized spacial score (nSPS) is 11.9. The fraction of sp³-hybridized carbons (Fsp3) is 0.0385. The Balaban J connectivity index is 1.77. The fourth-order valence-corrected chi connectivity index (χ4v) is 4.46. The molecule has 27 heavy (non-hydrogen) atoms. The first-order chi connectivity index (χ1) is 13.3. The molecule has 0 spiro atoms. The molecule has 5 aromatic carbocycles. The molecule has 1 aromatic heterocycles. The summed E-state index contributed by atoms with van der Waals surface area (Å²) in [6, 6.07) is 30.7. The lowest BCUT2D eigenvalue weighted by atomic mass is 9.89. The standard InChI is InChI=1S/C26H17N/c1-16-23(15-20-5-2-3-8-24(20)27-16)21-13-11-19-10-9-17-6-4-7-18-12-14-22(21)26(19)25(17)18/h2-15H,1H3. The molecule has 0 aliphatic heterocycles. The van der Waals surface area contributed by atoms with Gasteiger partial charge in [-0.25, -0.2) is 0 Å². The molecule has 0 saturated heterocycles. The zero-order valence-electron chi connectivity index (χ0n) is 15.0. The molecule has 6 aromatic rings. The van der Waals surface area contributed by atoms with Gasteiger partial charge in [-0.1, -0.05) is 72.8 Å². The molecular formula is C26H17N. The van der Waals surface area contributed by atoms with Gasteiger partial charge in [0.05, 0.1) is 5.52 Å². The Morgan fingerprint density at radius 3 is 2.07 bits per heavy atom. The Kier molecular flexibility index (Phi) is 2.87. The van der Waals surface area contributed by atoms with Crippen LogP contribution in [0.25, 0.3) is 54.3 Å². The van der Waals surface area contributed by atoms with Crippen LogP contribution in [0.15, 0.2) is 84.9 Å². The minimum atomic E-state index is 1.05. The number of pyridine rings is 1. The third-order valence-electron chi connectivity index (χ3n) is 5.73. The first kappa shape index (κ1) is 14.7. The van der Waals surface area contributed by atoms with Crippen molar-refractivity contribution in [2.45, 2.75) is 6.92 Å². The maximum Gasteiger partial charge on any atom is 0.0705 e. The predicted octanol–water partition coefficient (Wildman–Crippen LogP) is 7.11. The predicted molar refractivity (Wildman–Crippen MR) is 116 cm³/mol. The van der Waals surface area contributed by atoms with Crippen molar-refractivity contribution in [1.29, 1.82) is 0 Å². The molecule has 0 bridgehead atoms. The minimum absolute atomic E-state index is 1.05. The maximum atomic E-state index is 4.86. The van der Waals surface area contributed by atoms with Gasteiger partial charge < -0.3 is 0 Å². The highest BCUT2D eigenvalue weighted by Gasteiger charge is 2.14. The SMILES string of the molecule is Cc1nc2ccccc2cc1-c1ccc2ccc3cccc4ccc1c2c34. The van der Waals surface area contributed by atoms with E-state index in [-0.39, 0.29) is 0 Å². The van der Waals surface area contributed by atoms with E-state index in [2.05, 4.69) is 85.8 Å². The molecule has 0 aliphatic rings. The number of aryl methyl sites for hydroxylation is 1. The number of hydrogen-bond donors (Lipinski definition) is 0. The summed E-state index contributed by atoms with van der Waals surface area (Å²) in [5, 5.41) is 9.11. The van der Waals surface area contributed by atoms with Crippen molar-refractivity contribution in [2.75, 3.05) is 0 Å². The molecule has 0 fully saturated rings. The van der Waals surface area contributed by atoms with Crippen LogP contribution in [0, 0.1) is 6.92 Å². The van der Waals surface area contributed by atoms with Gasteiger partial charge >= 0.3 is 0 Å². The molecule has 0 unspecified atom stereocenters. The lowest BCUT2D eigenvalue weighted by Gasteiger charge is -2.15. The highest BCUT2D eigenvalue weighted by molar-refractivity contribution is 6.25. The Morgan fingerprint density at radius 1 is 0.556 bits per heavy atom. The average molecular weight is 343 g/mol. The van der Waals surface area contributed by atoms with Crippen molar-refractivity contribution in [3.05, 3.63) is 90.6 Å². The van der Waals surface area contributed by atoms with Gasteiger partial charge in [0.15, 0.2) is 0 Å². The molecule has 0 saturated carbocycles. The van der Waals surface area contributed by atoms with Gasteiger partial charge in [0, 0.05) is 16.6 Å². The van der Waals surface area contributed by atoms with Gasteiger partial charge in [-0.3, -0.25) is 4.98 Å². The largest absolute Gasteiger partial charge is 0.252 e. The number of para-hydroxylation sites is 1. The Morgan fingerprint density at radius 2 is 1.22 bits per heavy atom. The molecule has 126 valence electrons. The number of hydrogen-bond acceptors (Lipinski definition) is 1. The Labute approximate surface area is 157 Å². The zero-order chi connectivity index (χ0) is 18.0. The van der Waals surface area contributed by atoms with Gasteiger partial charge in [-0.15, -0.1) is 0 Å².